The molecule has 39 heavy (non-hydrogen) atoms. The number of halogens is 1. The molecule has 1 aliphatic rings. The lowest BCUT2D eigenvalue weighted by Crippen LogP contribution is -2.43. The third-order valence-corrected chi connectivity index (χ3v) is 6.34. The molecule has 5 rings (SSSR count). The number of carbonyl (C=O) groups is 3. The summed E-state index contributed by atoms with van der Waals surface area (Å²) in [6.45, 7) is 2.11. The third kappa shape index (κ3) is 5.93. The Morgan fingerprint density at radius 1 is 0.949 bits per heavy atom. The van der Waals surface area contributed by atoms with E-state index < -0.39 is 30.0 Å². The molecule has 8 nitrogen and oxygen atoms in total. The minimum Gasteiger partial charge on any atom is -0.438 e. The number of amides is 3. The van der Waals surface area contributed by atoms with Gasteiger partial charge in [0.2, 0.25) is 0 Å². The minimum atomic E-state index is -1.03. The molecule has 0 saturated carbocycles. The van der Waals surface area contributed by atoms with Gasteiger partial charge in [0.25, 0.3) is 11.8 Å². The molecule has 1 aromatic heterocycles. The van der Waals surface area contributed by atoms with Crippen molar-refractivity contribution in [1.29, 1.82) is 0 Å². The van der Waals surface area contributed by atoms with Crippen molar-refractivity contribution >= 4 is 29.3 Å². The molecule has 0 spiro atoms. The second-order valence-electron chi connectivity index (χ2n) is 9.18. The van der Waals surface area contributed by atoms with E-state index in [2.05, 4.69) is 15.6 Å². The molecule has 4 aromatic rings. The summed E-state index contributed by atoms with van der Waals surface area (Å²) in [5.74, 6) is -1.28. The number of nitrogens with one attached hydrogen (secondary N) is 2. The highest BCUT2D eigenvalue weighted by Gasteiger charge is 2.47. The van der Waals surface area contributed by atoms with Gasteiger partial charge in [-0.1, -0.05) is 42.0 Å². The summed E-state index contributed by atoms with van der Waals surface area (Å²) in [5, 5.41) is 5.58. The van der Waals surface area contributed by atoms with E-state index in [1.807, 2.05) is 31.2 Å². The average molecular weight is 525 g/mol. The Labute approximate surface area is 224 Å². The van der Waals surface area contributed by atoms with Crippen LogP contribution in [0.25, 0.3) is 0 Å². The number of aryl methyl sites for hydroxylation is 1. The maximum atomic E-state index is 13.6. The van der Waals surface area contributed by atoms with E-state index in [0.29, 0.717) is 22.5 Å². The quantitative estimate of drug-likeness (QED) is 0.333. The number of nitrogens with zero attached hydrogens (tertiary/aromatic N) is 2. The number of benzene rings is 3. The van der Waals surface area contributed by atoms with Crippen molar-refractivity contribution in [2.45, 2.75) is 25.6 Å². The van der Waals surface area contributed by atoms with Gasteiger partial charge in [-0.25, -0.2) is 9.18 Å². The van der Waals surface area contributed by atoms with Crippen LogP contribution in [0.15, 0.2) is 97.3 Å². The topological polar surface area (TPSA) is 101 Å². The minimum absolute atomic E-state index is 0.147. The summed E-state index contributed by atoms with van der Waals surface area (Å²) >= 11 is 0. The molecule has 9 heteroatoms. The number of rotatable bonds is 7. The van der Waals surface area contributed by atoms with E-state index in [1.165, 1.54) is 35.4 Å². The number of hydrogen-bond acceptors (Lipinski definition) is 5. The molecule has 0 radical (unpaired) electrons. The maximum Gasteiger partial charge on any atom is 0.411 e. The van der Waals surface area contributed by atoms with Crippen LogP contribution in [0.3, 0.4) is 0 Å². The van der Waals surface area contributed by atoms with Crippen molar-refractivity contribution in [1.82, 2.24) is 9.88 Å². The van der Waals surface area contributed by atoms with Crippen LogP contribution < -0.4 is 10.6 Å². The monoisotopic (exact) mass is 524 g/mol. The van der Waals surface area contributed by atoms with Crippen LogP contribution in [0.1, 0.15) is 33.2 Å². The van der Waals surface area contributed by atoms with Gasteiger partial charge in [0.05, 0.1) is 12.1 Å². The first kappa shape index (κ1) is 25.6. The Morgan fingerprint density at radius 3 is 2.44 bits per heavy atom. The number of aromatic nitrogens is 1. The van der Waals surface area contributed by atoms with E-state index in [4.69, 9.17) is 4.74 Å². The average Bonchev–Trinajstić information content (AvgIpc) is 3.27. The molecule has 3 aromatic carbocycles. The summed E-state index contributed by atoms with van der Waals surface area (Å²) in [4.78, 5) is 44.6. The van der Waals surface area contributed by atoms with Crippen LogP contribution in [-0.2, 0) is 16.1 Å². The summed E-state index contributed by atoms with van der Waals surface area (Å²) in [7, 11) is 0. The Balaban J connectivity index is 1.44. The highest BCUT2D eigenvalue weighted by Crippen LogP contribution is 2.35. The number of anilines is 2. The summed E-state index contributed by atoms with van der Waals surface area (Å²) in [6, 6.07) is 22.1. The zero-order chi connectivity index (χ0) is 27.4. The fourth-order valence-corrected chi connectivity index (χ4v) is 4.34. The molecule has 2 heterocycles. The Bertz CT molecular complexity index is 1490. The molecular weight excluding hydrogens is 499 g/mol. The molecular formula is C30H25FN4O4. The summed E-state index contributed by atoms with van der Waals surface area (Å²) in [5.41, 5.74) is 3.65. The number of ether oxygens (including phenoxy) is 1. The van der Waals surface area contributed by atoms with Gasteiger partial charge < -0.3 is 15.4 Å². The van der Waals surface area contributed by atoms with Gasteiger partial charge in [-0.05, 0) is 66.6 Å². The standard InChI is InChI=1S/C30H25FN4O4/c1-19-7-9-20(10-8-19)18-35-26(29(37)33-24-13-11-23(31)12-14-24)27(39-30(35)38)21-4-2-6-25(16-21)34-28(36)22-5-3-15-32-17-22/h2-17,26-27H,18H2,1H3,(H,33,37)(H,34,36)/t26-,27+/m1/s1. The van der Waals surface area contributed by atoms with Crippen molar-refractivity contribution < 1.29 is 23.5 Å². The van der Waals surface area contributed by atoms with Crippen molar-refractivity contribution in [2.24, 2.45) is 0 Å². The van der Waals surface area contributed by atoms with Gasteiger partial charge >= 0.3 is 6.09 Å². The summed E-state index contributed by atoms with van der Waals surface area (Å²) in [6.07, 6.45) is 1.42. The van der Waals surface area contributed by atoms with Gasteiger partial charge in [-0.15, -0.1) is 0 Å². The van der Waals surface area contributed by atoms with Gasteiger partial charge in [0.1, 0.15) is 5.82 Å². The predicted octanol–water partition coefficient (Wildman–Crippen LogP) is 5.48. The van der Waals surface area contributed by atoms with Crippen molar-refractivity contribution in [3.05, 3.63) is 125 Å². The zero-order valence-corrected chi connectivity index (χ0v) is 21.0. The Hall–Kier alpha value is -5.05. The van der Waals surface area contributed by atoms with E-state index >= 15 is 0 Å². The van der Waals surface area contributed by atoms with Gasteiger partial charge in [-0.3, -0.25) is 19.5 Å². The highest BCUT2D eigenvalue weighted by atomic mass is 19.1. The van der Waals surface area contributed by atoms with Crippen LogP contribution >= 0.6 is 0 Å². The van der Waals surface area contributed by atoms with Crippen LogP contribution in [0.2, 0.25) is 0 Å². The van der Waals surface area contributed by atoms with Crippen molar-refractivity contribution in [3.8, 4) is 0 Å². The van der Waals surface area contributed by atoms with Gasteiger partial charge in [-0.2, -0.15) is 0 Å². The Morgan fingerprint density at radius 2 is 1.72 bits per heavy atom. The van der Waals surface area contributed by atoms with Crippen LogP contribution in [0.4, 0.5) is 20.6 Å². The van der Waals surface area contributed by atoms with Crippen LogP contribution in [-0.4, -0.2) is 33.8 Å². The molecule has 3 amide bonds. The molecule has 1 fully saturated rings. The molecule has 196 valence electrons. The van der Waals surface area contributed by atoms with E-state index in [-0.39, 0.29) is 12.5 Å². The number of carbonyl (C=O) groups excluding carboxylic acids is 3. The first-order chi connectivity index (χ1) is 18.9. The fourth-order valence-electron chi connectivity index (χ4n) is 4.34. The number of hydrogen-bond donors (Lipinski definition) is 2. The third-order valence-electron chi connectivity index (χ3n) is 6.34. The lowest BCUT2D eigenvalue weighted by atomic mass is 9.99. The van der Waals surface area contributed by atoms with Crippen molar-refractivity contribution in [2.75, 3.05) is 10.6 Å². The molecule has 0 bridgehead atoms. The fraction of sp³-hybridized carbons (Fsp3) is 0.133. The molecule has 2 N–H and O–H groups in total. The molecule has 0 aliphatic carbocycles. The zero-order valence-electron chi connectivity index (χ0n) is 21.0. The SMILES string of the molecule is Cc1ccc(CN2C(=O)O[C@@H](c3cccc(NC(=O)c4cccnc4)c3)[C@@H]2C(=O)Nc2ccc(F)cc2)cc1. The molecule has 2 atom stereocenters. The number of pyridine rings is 1. The highest BCUT2D eigenvalue weighted by molar-refractivity contribution is 6.04. The first-order valence-electron chi connectivity index (χ1n) is 12.3. The van der Waals surface area contributed by atoms with Gasteiger partial charge in [0, 0.05) is 23.8 Å². The lowest BCUT2D eigenvalue weighted by Gasteiger charge is -2.24. The predicted molar refractivity (Wildman–Crippen MR) is 143 cm³/mol. The van der Waals surface area contributed by atoms with E-state index in [0.717, 1.165) is 11.1 Å². The van der Waals surface area contributed by atoms with Crippen LogP contribution in [0, 0.1) is 12.7 Å². The largest absolute Gasteiger partial charge is 0.438 e. The summed E-state index contributed by atoms with van der Waals surface area (Å²) < 4.78 is 19.1. The second-order valence-corrected chi connectivity index (χ2v) is 9.18. The molecule has 1 aliphatic heterocycles. The lowest BCUT2D eigenvalue weighted by molar-refractivity contribution is -0.121. The number of cyclic esters (lactones) is 1. The van der Waals surface area contributed by atoms with Crippen molar-refractivity contribution in [3.63, 3.8) is 0 Å². The van der Waals surface area contributed by atoms with Crippen LogP contribution in [0.5, 0.6) is 0 Å². The normalized spacial score (nSPS) is 16.5. The first-order valence-corrected chi connectivity index (χ1v) is 12.3. The smallest absolute Gasteiger partial charge is 0.411 e. The van der Waals surface area contributed by atoms with Gasteiger partial charge in [0.15, 0.2) is 12.1 Å². The van der Waals surface area contributed by atoms with E-state index in [1.54, 1.807) is 42.6 Å². The van der Waals surface area contributed by atoms with E-state index in [9.17, 15) is 18.8 Å². The molecule has 0 unspecified atom stereocenters. The maximum absolute atomic E-state index is 13.6. The molecule has 1 saturated heterocycles. The second kappa shape index (κ2) is 11.1. The Kier molecular flexibility index (Phi) is 7.31.